The van der Waals surface area contributed by atoms with E-state index in [1.165, 1.54) is 17.4 Å². The fourth-order valence-electron chi connectivity index (χ4n) is 5.83. The first-order valence-electron chi connectivity index (χ1n) is 16.3. The van der Waals surface area contributed by atoms with Gasteiger partial charge in [0.05, 0.1) is 23.1 Å². The molecule has 0 aliphatic heterocycles. The lowest BCUT2D eigenvalue weighted by Crippen LogP contribution is -2.45. The Balaban J connectivity index is 1.42. The van der Waals surface area contributed by atoms with Crippen molar-refractivity contribution in [1.29, 1.82) is 0 Å². The van der Waals surface area contributed by atoms with E-state index in [4.69, 9.17) is 14.9 Å². The predicted octanol–water partition coefficient (Wildman–Crippen LogP) is 8.83. The van der Waals surface area contributed by atoms with E-state index in [0.29, 0.717) is 36.4 Å². The van der Waals surface area contributed by atoms with Gasteiger partial charge in [0.25, 0.3) is 0 Å². The molecule has 0 radical (unpaired) electrons. The number of pyridine rings is 1. The van der Waals surface area contributed by atoms with Crippen LogP contribution in [0.15, 0.2) is 71.6 Å². The van der Waals surface area contributed by atoms with Gasteiger partial charge in [-0.25, -0.2) is 19.6 Å². The average Bonchev–Trinajstić information content (AvgIpc) is 3.59. The Kier molecular flexibility index (Phi) is 10.8. The number of benzene rings is 2. The molecule has 0 saturated heterocycles. The molecule has 5 rings (SSSR count). The molecule has 3 amide bonds. The van der Waals surface area contributed by atoms with Crippen LogP contribution in [-0.4, -0.2) is 40.3 Å². The van der Waals surface area contributed by atoms with Crippen LogP contribution < -0.4 is 21.3 Å². The quantitative estimate of drug-likeness (QED) is 0.151. The normalized spacial score (nSPS) is 13.9. The van der Waals surface area contributed by atoms with Crippen molar-refractivity contribution < 1.29 is 31.9 Å². The minimum Gasteiger partial charge on any atom is -0.444 e. The van der Waals surface area contributed by atoms with Crippen molar-refractivity contribution >= 4 is 29.3 Å². The van der Waals surface area contributed by atoms with E-state index in [1.54, 1.807) is 51.2 Å². The van der Waals surface area contributed by atoms with Gasteiger partial charge in [-0.2, -0.15) is 13.2 Å². The van der Waals surface area contributed by atoms with Crippen molar-refractivity contribution in [3.8, 4) is 22.6 Å². The highest BCUT2D eigenvalue weighted by molar-refractivity contribution is 6.03. The first-order chi connectivity index (χ1) is 23.3. The lowest BCUT2D eigenvalue weighted by molar-refractivity contribution is -0.137. The van der Waals surface area contributed by atoms with E-state index in [2.05, 4.69) is 20.6 Å². The zero-order chi connectivity index (χ0) is 35.2. The third-order valence-electron chi connectivity index (χ3n) is 8.05. The number of nitrogens with two attached hydrogens (primary N) is 1. The second-order valence-corrected chi connectivity index (χ2v) is 13.1. The first kappa shape index (κ1) is 35.2. The average molecular weight is 679 g/mol. The Morgan fingerprint density at radius 3 is 2.49 bits per heavy atom. The van der Waals surface area contributed by atoms with Crippen LogP contribution in [0.2, 0.25) is 0 Å². The molecule has 1 saturated carbocycles. The number of ether oxygens (including phenoxy) is 1. The van der Waals surface area contributed by atoms with Gasteiger partial charge in [0, 0.05) is 29.4 Å². The van der Waals surface area contributed by atoms with Crippen molar-refractivity contribution in [3.05, 3.63) is 78.3 Å². The number of rotatable bonds is 9. The zero-order valence-electron chi connectivity index (χ0n) is 27.8. The number of amides is 3. The fourth-order valence-corrected chi connectivity index (χ4v) is 5.83. The maximum Gasteiger partial charge on any atom is 0.416 e. The van der Waals surface area contributed by atoms with Crippen molar-refractivity contribution in [2.45, 2.75) is 83.5 Å². The molecule has 4 N–H and O–H groups in total. The van der Waals surface area contributed by atoms with Gasteiger partial charge in [-0.1, -0.05) is 31.4 Å². The highest BCUT2D eigenvalue weighted by Crippen LogP contribution is 2.35. The molecular formula is C36H41F3N6O4. The van der Waals surface area contributed by atoms with E-state index in [9.17, 15) is 22.8 Å². The summed E-state index contributed by atoms with van der Waals surface area (Å²) < 4.78 is 51.3. The molecule has 13 heteroatoms. The number of nitrogen functional groups attached to an aromatic ring is 1. The summed E-state index contributed by atoms with van der Waals surface area (Å²) in [5, 5.41) is 5.78. The predicted molar refractivity (Wildman–Crippen MR) is 182 cm³/mol. The van der Waals surface area contributed by atoms with Gasteiger partial charge < -0.3 is 25.5 Å². The highest BCUT2D eigenvalue weighted by atomic mass is 19.4. The third-order valence-corrected chi connectivity index (χ3v) is 8.05. The Morgan fingerprint density at radius 1 is 1.02 bits per heavy atom. The summed E-state index contributed by atoms with van der Waals surface area (Å²) in [6.07, 6.45) is 3.34. The Bertz CT molecular complexity index is 1750. The van der Waals surface area contributed by atoms with Crippen LogP contribution in [0.5, 0.6) is 0 Å². The summed E-state index contributed by atoms with van der Waals surface area (Å²) in [7, 11) is 0. The molecule has 2 aromatic heterocycles. The molecule has 0 unspecified atom stereocenters. The van der Waals surface area contributed by atoms with Crippen LogP contribution in [0.4, 0.5) is 40.0 Å². The highest BCUT2D eigenvalue weighted by Gasteiger charge is 2.32. The van der Waals surface area contributed by atoms with Crippen LogP contribution in [0.1, 0.15) is 70.4 Å². The third kappa shape index (κ3) is 9.52. The van der Waals surface area contributed by atoms with Crippen LogP contribution in [0.25, 0.3) is 22.6 Å². The molecule has 0 bridgehead atoms. The minimum atomic E-state index is -4.52. The van der Waals surface area contributed by atoms with Gasteiger partial charge in [-0.05, 0) is 94.5 Å². The number of nitrogens with one attached hydrogen (secondary N) is 2. The van der Waals surface area contributed by atoms with Gasteiger partial charge in [-0.15, -0.1) is 0 Å². The number of carbonyl (C=O) groups is 2. The SMILES string of the molecule is CC(C)(C)OC(=O)NCCCc1cc(NC(=O)N(c2nc(-c3cccc(C(F)(F)F)c3)ccc2N)C2CCCCC2)cc(-c2cnco2)c1. The van der Waals surface area contributed by atoms with Crippen molar-refractivity contribution in [2.75, 3.05) is 22.5 Å². The number of alkyl halides is 3. The molecule has 1 aliphatic carbocycles. The van der Waals surface area contributed by atoms with E-state index in [-0.39, 0.29) is 28.8 Å². The van der Waals surface area contributed by atoms with Gasteiger partial charge >= 0.3 is 18.3 Å². The lowest BCUT2D eigenvalue weighted by atomic mass is 9.94. The van der Waals surface area contributed by atoms with Crippen molar-refractivity contribution in [3.63, 3.8) is 0 Å². The summed E-state index contributed by atoms with van der Waals surface area (Å²) >= 11 is 0. The number of alkyl carbamates (subject to hydrolysis) is 1. The topological polar surface area (TPSA) is 136 Å². The molecule has 1 aliphatic rings. The number of nitrogens with zero attached hydrogens (tertiary/aromatic N) is 3. The number of aryl methyl sites for hydroxylation is 1. The molecule has 2 heterocycles. The van der Waals surface area contributed by atoms with E-state index in [0.717, 1.165) is 49.8 Å². The van der Waals surface area contributed by atoms with Gasteiger partial charge in [0.1, 0.15) is 5.60 Å². The number of hydrogen-bond acceptors (Lipinski definition) is 7. The maximum atomic E-state index is 14.2. The maximum absolute atomic E-state index is 14.2. The molecular weight excluding hydrogens is 637 g/mol. The molecule has 0 atom stereocenters. The molecule has 1 fully saturated rings. The Hall–Kier alpha value is -5.07. The number of aromatic nitrogens is 2. The number of anilines is 3. The Labute approximate surface area is 283 Å². The van der Waals surface area contributed by atoms with Crippen LogP contribution in [-0.2, 0) is 17.3 Å². The van der Waals surface area contributed by atoms with Crippen LogP contribution in [0.3, 0.4) is 0 Å². The van der Waals surface area contributed by atoms with E-state index < -0.39 is 29.5 Å². The van der Waals surface area contributed by atoms with Gasteiger partial charge in [0.15, 0.2) is 18.0 Å². The molecule has 10 nitrogen and oxygen atoms in total. The summed E-state index contributed by atoms with van der Waals surface area (Å²) in [6.45, 7) is 5.77. The van der Waals surface area contributed by atoms with Gasteiger partial charge in [0.2, 0.25) is 0 Å². The molecule has 260 valence electrons. The minimum absolute atomic E-state index is 0.180. The lowest BCUT2D eigenvalue weighted by Gasteiger charge is -2.34. The molecule has 4 aromatic rings. The number of carbonyl (C=O) groups excluding carboxylic acids is 2. The smallest absolute Gasteiger partial charge is 0.416 e. The van der Waals surface area contributed by atoms with Crippen molar-refractivity contribution in [1.82, 2.24) is 15.3 Å². The number of hydrogen-bond donors (Lipinski definition) is 3. The standard InChI is InChI=1S/C36H41F3N6O4/c1-35(2,3)49-34(47)42-16-8-9-23-17-25(31-21-41-22-48-31)20-27(18-23)43-33(46)45(28-12-5-4-6-13-28)32-29(40)14-15-30(44-32)24-10-7-11-26(19-24)36(37,38)39/h7,10-11,14-15,17-22,28H,4-6,8-9,12-13,16,40H2,1-3H3,(H,42,47)(H,43,46). The summed E-state index contributed by atoms with van der Waals surface area (Å²) in [4.78, 5) is 36.5. The first-order valence-corrected chi connectivity index (χ1v) is 16.3. The summed E-state index contributed by atoms with van der Waals surface area (Å²) in [5.74, 6) is 0.687. The van der Waals surface area contributed by atoms with Crippen LogP contribution in [0, 0.1) is 0 Å². The fraction of sp³-hybridized carbons (Fsp3) is 0.389. The summed E-state index contributed by atoms with van der Waals surface area (Å²) in [6, 6.07) is 12.9. The second-order valence-electron chi connectivity index (χ2n) is 13.1. The second kappa shape index (κ2) is 15.0. The largest absolute Gasteiger partial charge is 0.444 e. The molecule has 0 spiro atoms. The number of oxazole rings is 1. The van der Waals surface area contributed by atoms with Gasteiger partial charge in [-0.3, -0.25) is 4.90 Å². The number of urea groups is 1. The van der Waals surface area contributed by atoms with E-state index in [1.807, 2.05) is 12.1 Å². The molecule has 49 heavy (non-hydrogen) atoms. The van der Waals surface area contributed by atoms with Crippen molar-refractivity contribution in [2.24, 2.45) is 0 Å². The van der Waals surface area contributed by atoms with Crippen LogP contribution >= 0.6 is 0 Å². The zero-order valence-corrected chi connectivity index (χ0v) is 27.8. The number of halogens is 3. The Morgan fingerprint density at radius 2 is 1.80 bits per heavy atom. The summed E-state index contributed by atoms with van der Waals surface area (Å²) in [5.41, 5.74) is 7.82. The van der Waals surface area contributed by atoms with E-state index >= 15 is 0 Å². The monoisotopic (exact) mass is 678 g/mol. The molecule has 2 aromatic carbocycles.